The number of hydrogen-bond donors (Lipinski definition) is 1. The number of nitrogens with zero attached hydrogens (tertiary/aromatic N) is 3. The third kappa shape index (κ3) is 3.41. The van der Waals surface area contributed by atoms with Crippen molar-refractivity contribution in [1.82, 2.24) is 15.3 Å². The van der Waals surface area contributed by atoms with Gasteiger partial charge in [-0.3, -0.25) is 4.98 Å². The highest BCUT2D eigenvalue weighted by Gasteiger charge is 2.30. The first-order valence-corrected chi connectivity index (χ1v) is 8.42. The van der Waals surface area contributed by atoms with Crippen LogP contribution in [0.5, 0.6) is 0 Å². The van der Waals surface area contributed by atoms with Crippen molar-refractivity contribution < 1.29 is 0 Å². The van der Waals surface area contributed by atoms with Gasteiger partial charge in [0.1, 0.15) is 0 Å². The van der Waals surface area contributed by atoms with Gasteiger partial charge in [-0.25, -0.2) is 4.98 Å². The number of nitrogens with one attached hydrogen (secondary N) is 1. The molecule has 0 unspecified atom stereocenters. The van der Waals surface area contributed by atoms with E-state index in [2.05, 4.69) is 28.2 Å². The van der Waals surface area contributed by atoms with Crippen molar-refractivity contribution in [3.05, 3.63) is 40.7 Å². The van der Waals surface area contributed by atoms with Crippen molar-refractivity contribution in [2.24, 2.45) is 0 Å². The Hall–Kier alpha value is -1.46. The highest BCUT2D eigenvalue weighted by molar-refractivity contribution is 7.15. The van der Waals surface area contributed by atoms with E-state index in [9.17, 15) is 0 Å². The molecule has 0 amide bonds. The van der Waals surface area contributed by atoms with E-state index >= 15 is 0 Å². The topological polar surface area (TPSA) is 41.1 Å². The Morgan fingerprint density at radius 1 is 1.38 bits per heavy atom. The van der Waals surface area contributed by atoms with E-state index < -0.39 is 0 Å². The Bertz CT molecular complexity index is 577. The molecule has 0 aromatic carbocycles. The predicted molar refractivity (Wildman–Crippen MR) is 87.8 cm³/mol. The van der Waals surface area contributed by atoms with Crippen LogP contribution in [0.15, 0.2) is 24.4 Å². The second kappa shape index (κ2) is 6.54. The molecule has 1 aliphatic rings. The van der Waals surface area contributed by atoms with E-state index in [1.807, 2.05) is 36.7 Å². The summed E-state index contributed by atoms with van der Waals surface area (Å²) in [5.41, 5.74) is 2.42. The summed E-state index contributed by atoms with van der Waals surface area (Å²) in [7, 11) is 2.00. The third-order valence-electron chi connectivity index (χ3n) is 3.75. The lowest BCUT2D eigenvalue weighted by molar-refractivity contribution is 0.794. The second-order valence-corrected chi connectivity index (χ2v) is 6.51. The highest BCUT2D eigenvalue weighted by Crippen LogP contribution is 2.44. The van der Waals surface area contributed by atoms with Gasteiger partial charge in [0.2, 0.25) is 0 Å². The molecule has 4 nitrogen and oxygen atoms in total. The minimum Gasteiger partial charge on any atom is -0.342 e. The summed E-state index contributed by atoms with van der Waals surface area (Å²) >= 11 is 1.83. The average molecular weight is 302 g/mol. The van der Waals surface area contributed by atoms with Crippen LogP contribution in [0.3, 0.4) is 0 Å². The minimum atomic E-state index is 0.701. The monoisotopic (exact) mass is 302 g/mol. The van der Waals surface area contributed by atoms with Crippen LogP contribution in [0.4, 0.5) is 5.13 Å². The Morgan fingerprint density at radius 3 is 2.86 bits per heavy atom. The quantitative estimate of drug-likeness (QED) is 0.853. The van der Waals surface area contributed by atoms with Crippen LogP contribution in [0.1, 0.15) is 41.9 Å². The number of anilines is 1. The second-order valence-electron chi connectivity index (χ2n) is 5.44. The molecule has 0 bridgehead atoms. The van der Waals surface area contributed by atoms with E-state index in [0.717, 1.165) is 30.5 Å². The van der Waals surface area contributed by atoms with E-state index in [-0.39, 0.29) is 0 Å². The first kappa shape index (κ1) is 14.5. The summed E-state index contributed by atoms with van der Waals surface area (Å²) in [6.45, 7) is 4.88. The van der Waals surface area contributed by atoms with Crippen molar-refractivity contribution in [2.75, 3.05) is 18.5 Å². The summed E-state index contributed by atoms with van der Waals surface area (Å²) in [6, 6.07) is 6.08. The van der Waals surface area contributed by atoms with Crippen molar-refractivity contribution in [2.45, 2.75) is 38.8 Å². The molecule has 2 aromatic rings. The van der Waals surface area contributed by atoms with Gasteiger partial charge in [0.05, 0.1) is 17.9 Å². The molecular formula is C16H22N4S. The fourth-order valence-electron chi connectivity index (χ4n) is 2.45. The fraction of sp³-hybridized carbons (Fsp3) is 0.500. The van der Waals surface area contributed by atoms with Gasteiger partial charge in [0.25, 0.3) is 0 Å². The van der Waals surface area contributed by atoms with E-state index in [4.69, 9.17) is 4.98 Å². The molecule has 1 aliphatic carbocycles. The molecule has 21 heavy (non-hydrogen) atoms. The minimum absolute atomic E-state index is 0.701. The number of aromatic nitrogens is 2. The zero-order valence-corrected chi connectivity index (χ0v) is 13.5. The van der Waals surface area contributed by atoms with Crippen LogP contribution < -0.4 is 10.2 Å². The molecule has 0 radical (unpaired) electrons. The van der Waals surface area contributed by atoms with Crippen molar-refractivity contribution in [3.8, 4) is 0 Å². The molecular weight excluding hydrogens is 280 g/mol. The third-order valence-corrected chi connectivity index (χ3v) is 4.88. The number of hydrogen-bond acceptors (Lipinski definition) is 5. The Morgan fingerprint density at radius 2 is 2.24 bits per heavy atom. The molecule has 1 saturated carbocycles. The van der Waals surface area contributed by atoms with Gasteiger partial charge in [-0.1, -0.05) is 6.07 Å². The molecule has 3 rings (SSSR count). The smallest absolute Gasteiger partial charge is 0.186 e. The van der Waals surface area contributed by atoms with E-state index in [1.54, 1.807) is 0 Å². The van der Waals surface area contributed by atoms with Crippen LogP contribution in [-0.4, -0.2) is 23.6 Å². The van der Waals surface area contributed by atoms with Gasteiger partial charge < -0.3 is 10.2 Å². The van der Waals surface area contributed by atoms with Crippen LogP contribution in [-0.2, 0) is 13.1 Å². The van der Waals surface area contributed by atoms with Crippen LogP contribution in [0.25, 0.3) is 0 Å². The lowest BCUT2D eigenvalue weighted by Gasteiger charge is -2.19. The number of pyridine rings is 1. The predicted octanol–water partition coefficient (Wildman–Crippen LogP) is 3.16. The molecule has 1 fully saturated rings. The molecule has 112 valence electrons. The Kier molecular flexibility index (Phi) is 4.51. The van der Waals surface area contributed by atoms with Gasteiger partial charge in [0, 0.05) is 30.1 Å². The summed E-state index contributed by atoms with van der Waals surface area (Å²) in [5.74, 6) is 0.701. The maximum Gasteiger partial charge on any atom is 0.186 e. The number of rotatable bonds is 7. The summed E-state index contributed by atoms with van der Waals surface area (Å²) in [6.07, 6.45) is 4.45. The first-order valence-electron chi connectivity index (χ1n) is 7.60. The van der Waals surface area contributed by atoms with Crippen LogP contribution in [0, 0.1) is 0 Å². The summed E-state index contributed by atoms with van der Waals surface area (Å²) < 4.78 is 0. The Balaban J connectivity index is 1.81. The summed E-state index contributed by atoms with van der Waals surface area (Å²) in [5, 5.41) is 4.40. The Labute approximate surface area is 130 Å². The maximum absolute atomic E-state index is 4.93. The van der Waals surface area contributed by atoms with Crippen molar-refractivity contribution >= 4 is 16.5 Å². The normalized spacial score (nSPS) is 14.4. The molecule has 2 heterocycles. The molecule has 0 aliphatic heterocycles. The average Bonchev–Trinajstić information content (AvgIpc) is 3.28. The molecule has 0 spiro atoms. The van der Waals surface area contributed by atoms with Gasteiger partial charge in [0.15, 0.2) is 5.13 Å². The summed E-state index contributed by atoms with van der Waals surface area (Å²) in [4.78, 5) is 13.1. The van der Waals surface area contributed by atoms with Gasteiger partial charge >= 0.3 is 0 Å². The molecule has 1 N–H and O–H groups in total. The molecule has 5 heteroatoms. The maximum atomic E-state index is 4.93. The van der Waals surface area contributed by atoms with Crippen molar-refractivity contribution in [3.63, 3.8) is 0 Å². The molecule has 2 aromatic heterocycles. The zero-order valence-electron chi connectivity index (χ0n) is 12.7. The SMILES string of the molecule is CCN(Cc1ccccn1)c1nc(C2CC2)c(CNC)s1. The van der Waals surface area contributed by atoms with Gasteiger partial charge in [-0.15, -0.1) is 11.3 Å². The van der Waals surface area contributed by atoms with Gasteiger partial charge in [-0.2, -0.15) is 0 Å². The lowest BCUT2D eigenvalue weighted by atomic mass is 10.2. The van der Waals surface area contributed by atoms with Crippen LogP contribution in [0.2, 0.25) is 0 Å². The van der Waals surface area contributed by atoms with Crippen molar-refractivity contribution in [1.29, 1.82) is 0 Å². The number of thiazole rings is 1. The first-order chi connectivity index (χ1) is 10.3. The molecule has 0 atom stereocenters. The lowest BCUT2D eigenvalue weighted by Crippen LogP contribution is -2.22. The zero-order chi connectivity index (χ0) is 14.7. The molecule has 0 saturated heterocycles. The largest absolute Gasteiger partial charge is 0.342 e. The fourth-order valence-corrected chi connectivity index (χ4v) is 3.67. The van der Waals surface area contributed by atoms with Crippen LogP contribution >= 0.6 is 11.3 Å². The highest BCUT2D eigenvalue weighted by atomic mass is 32.1. The standard InChI is InChI=1S/C16H22N4S/c1-3-20(11-13-6-4-5-9-18-13)16-19-15(12-7-8-12)14(21-16)10-17-2/h4-6,9,12,17H,3,7-8,10-11H2,1-2H3. The van der Waals surface area contributed by atoms with Gasteiger partial charge in [-0.05, 0) is 38.9 Å². The van der Waals surface area contributed by atoms with E-state index in [1.165, 1.54) is 23.4 Å². The van der Waals surface area contributed by atoms with E-state index in [0.29, 0.717) is 5.92 Å².